The van der Waals surface area contributed by atoms with E-state index in [1.807, 2.05) is 36.4 Å². The number of hydrogen-bond donors (Lipinski definition) is 0. The summed E-state index contributed by atoms with van der Waals surface area (Å²) in [6.07, 6.45) is 4.80. The highest BCUT2D eigenvalue weighted by Crippen LogP contribution is 2.15. The molecule has 0 radical (unpaired) electrons. The van der Waals surface area contributed by atoms with Gasteiger partial charge in [0.25, 0.3) is 0 Å². The SMILES string of the molecule is ClC/C=C/Cc1ccccc1Cl. The van der Waals surface area contributed by atoms with Crippen molar-refractivity contribution in [2.75, 3.05) is 5.88 Å². The van der Waals surface area contributed by atoms with Crippen LogP contribution in [0.3, 0.4) is 0 Å². The average molecular weight is 201 g/mol. The van der Waals surface area contributed by atoms with Crippen molar-refractivity contribution in [3.05, 3.63) is 47.0 Å². The minimum Gasteiger partial charge on any atom is -0.122 e. The standard InChI is InChI=1S/C10H10Cl2/c11-8-4-3-6-9-5-1-2-7-10(9)12/h1-5,7H,6,8H2/b4-3+. The Bertz CT molecular complexity index is 266. The van der Waals surface area contributed by atoms with E-state index in [-0.39, 0.29) is 0 Å². The van der Waals surface area contributed by atoms with Gasteiger partial charge in [-0.1, -0.05) is 42.0 Å². The Labute approximate surface area is 82.8 Å². The van der Waals surface area contributed by atoms with Crippen LogP contribution in [0.2, 0.25) is 5.02 Å². The molecule has 0 bridgehead atoms. The molecule has 1 rings (SSSR count). The van der Waals surface area contributed by atoms with Gasteiger partial charge in [0, 0.05) is 10.9 Å². The summed E-state index contributed by atoms with van der Waals surface area (Å²) >= 11 is 11.4. The first-order valence-electron chi connectivity index (χ1n) is 3.79. The van der Waals surface area contributed by atoms with E-state index < -0.39 is 0 Å². The van der Waals surface area contributed by atoms with Gasteiger partial charge in [-0.15, -0.1) is 11.6 Å². The predicted octanol–water partition coefficient (Wildman–Crippen LogP) is 3.68. The topological polar surface area (TPSA) is 0 Å². The molecule has 1 aromatic rings. The van der Waals surface area contributed by atoms with Crippen LogP contribution in [0.4, 0.5) is 0 Å². The molecule has 0 aromatic heterocycles. The molecule has 0 saturated heterocycles. The van der Waals surface area contributed by atoms with Crippen molar-refractivity contribution in [1.29, 1.82) is 0 Å². The fraction of sp³-hybridized carbons (Fsp3) is 0.200. The van der Waals surface area contributed by atoms with Crippen molar-refractivity contribution >= 4 is 23.2 Å². The maximum atomic E-state index is 5.94. The largest absolute Gasteiger partial charge is 0.122 e. The number of rotatable bonds is 3. The lowest BCUT2D eigenvalue weighted by Gasteiger charge is -1.98. The van der Waals surface area contributed by atoms with Crippen LogP contribution in [0.5, 0.6) is 0 Å². The molecule has 0 unspecified atom stereocenters. The van der Waals surface area contributed by atoms with E-state index in [0.29, 0.717) is 5.88 Å². The minimum absolute atomic E-state index is 0.560. The quantitative estimate of drug-likeness (QED) is 0.516. The molecule has 0 amide bonds. The summed E-state index contributed by atoms with van der Waals surface area (Å²) < 4.78 is 0. The second-order valence-electron chi connectivity index (χ2n) is 2.42. The van der Waals surface area contributed by atoms with Crippen LogP contribution < -0.4 is 0 Å². The maximum Gasteiger partial charge on any atom is 0.0441 e. The Kier molecular flexibility index (Phi) is 4.20. The van der Waals surface area contributed by atoms with Crippen LogP contribution in [0, 0.1) is 0 Å². The minimum atomic E-state index is 0.560. The first kappa shape index (κ1) is 9.63. The van der Waals surface area contributed by atoms with Gasteiger partial charge in [0.1, 0.15) is 0 Å². The third kappa shape index (κ3) is 2.88. The van der Waals surface area contributed by atoms with Gasteiger partial charge in [0.15, 0.2) is 0 Å². The highest BCUT2D eigenvalue weighted by molar-refractivity contribution is 6.31. The maximum absolute atomic E-state index is 5.94. The summed E-state index contributed by atoms with van der Waals surface area (Å²) in [6.45, 7) is 0. The molecule has 0 aliphatic heterocycles. The number of alkyl halides is 1. The van der Waals surface area contributed by atoms with Crippen LogP contribution in [-0.2, 0) is 6.42 Å². The van der Waals surface area contributed by atoms with E-state index in [1.165, 1.54) is 0 Å². The fourth-order valence-corrected chi connectivity index (χ4v) is 1.28. The third-order valence-corrected chi connectivity index (χ3v) is 2.10. The van der Waals surface area contributed by atoms with E-state index in [4.69, 9.17) is 23.2 Å². The molecule has 12 heavy (non-hydrogen) atoms. The van der Waals surface area contributed by atoms with Gasteiger partial charge in [-0.3, -0.25) is 0 Å². The van der Waals surface area contributed by atoms with E-state index in [1.54, 1.807) is 0 Å². The lowest BCUT2D eigenvalue weighted by molar-refractivity contribution is 1.26. The monoisotopic (exact) mass is 200 g/mol. The van der Waals surface area contributed by atoms with E-state index in [2.05, 4.69) is 0 Å². The first-order valence-corrected chi connectivity index (χ1v) is 4.70. The second-order valence-corrected chi connectivity index (χ2v) is 3.14. The zero-order valence-corrected chi connectivity index (χ0v) is 8.15. The molecular formula is C10H10Cl2. The molecule has 0 atom stereocenters. The number of allylic oxidation sites excluding steroid dienone is 2. The molecule has 0 heterocycles. The number of halogens is 2. The number of hydrogen-bond acceptors (Lipinski definition) is 0. The first-order chi connectivity index (χ1) is 5.84. The van der Waals surface area contributed by atoms with Crippen molar-refractivity contribution in [2.24, 2.45) is 0 Å². The van der Waals surface area contributed by atoms with Crippen LogP contribution >= 0.6 is 23.2 Å². The summed E-state index contributed by atoms with van der Waals surface area (Å²) in [7, 11) is 0. The normalized spacial score (nSPS) is 10.8. The Morgan fingerprint density at radius 2 is 1.92 bits per heavy atom. The zero-order valence-electron chi connectivity index (χ0n) is 6.63. The van der Waals surface area contributed by atoms with Crippen molar-refractivity contribution in [2.45, 2.75) is 6.42 Å². The average Bonchev–Trinajstić information content (AvgIpc) is 2.09. The molecule has 0 N–H and O–H groups in total. The van der Waals surface area contributed by atoms with Gasteiger partial charge in [0.05, 0.1) is 0 Å². The smallest absolute Gasteiger partial charge is 0.0441 e. The van der Waals surface area contributed by atoms with E-state index in [9.17, 15) is 0 Å². The zero-order chi connectivity index (χ0) is 8.81. The molecule has 0 fully saturated rings. The molecule has 0 aliphatic rings. The highest BCUT2D eigenvalue weighted by Gasteiger charge is 1.94. The van der Waals surface area contributed by atoms with Gasteiger partial charge in [-0.2, -0.15) is 0 Å². The summed E-state index contributed by atoms with van der Waals surface area (Å²) in [5, 5.41) is 0.816. The van der Waals surface area contributed by atoms with Crippen molar-refractivity contribution < 1.29 is 0 Å². The number of benzene rings is 1. The molecule has 0 saturated carbocycles. The van der Waals surface area contributed by atoms with Crippen LogP contribution in [0.1, 0.15) is 5.56 Å². The van der Waals surface area contributed by atoms with Crippen LogP contribution in [0.25, 0.3) is 0 Å². The molecule has 0 nitrogen and oxygen atoms in total. The Balaban J connectivity index is 2.63. The van der Waals surface area contributed by atoms with Gasteiger partial charge in [0.2, 0.25) is 0 Å². The summed E-state index contributed by atoms with van der Waals surface area (Å²) in [4.78, 5) is 0. The Morgan fingerprint density at radius 3 is 2.58 bits per heavy atom. The third-order valence-electron chi connectivity index (χ3n) is 1.55. The molecule has 1 aromatic carbocycles. The van der Waals surface area contributed by atoms with E-state index in [0.717, 1.165) is 17.0 Å². The van der Waals surface area contributed by atoms with Crippen molar-refractivity contribution in [3.63, 3.8) is 0 Å². The Hall–Kier alpha value is -0.460. The lowest BCUT2D eigenvalue weighted by atomic mass is 10.1. The highest BCUT2D eigenvalue weighted by atomic mass is 35.5. The van der Waals surface area contributed by atoms with Crippen LogP contribution in [0.15, 0.2) is 36.4 Å². The molecule has 2 heteroatoms. The van der Waals surface area contributed by atoms with Crippen molar-refractivity contribution in [3.8, 4) is 0 Å². The summed E-state index contributed by atoms with van der Waals surface area (Å²) in [5.41, 5.74) is 1.14. The molecule has 64 valence electrons. The molecule has 0 aliphatic carbocycles. The Morgan fingerprint density at radius 1 is 1.17 bits per heavy atom. The van der Waals surface area contributed by atoms with Gasteiger partial charge in [-0.25, -0.2) is 0 Å². The molecule has 0 spiro atoms. The van der Waals surface area contributed by atoms with Crippen LogP contribution in [-0.4, -0.2) is 5.88 Å². The van der Waals surface area contributed by atoms with Gasteiger partial charge < -0.3 is 0 Å². The second kappa shape index (κ2) is 5.23. The summed E-state index contributed by atoms with van der Waals surface area (Å²) in [5.74, 6) is 0.560. The van der Waals surface area contributed by atoms with E-state index >= 15 is 0 Å². The lowest BCUT2D eigenvalue weighted by Crippen LogP contribution is -1.81. The molecular weight excluding hydrogens is 191 g/mol. The predicted molar refractivity (Wildman–Crippen MR) is 55.0 cm³/mol. The van der Waals surface area contributed by atoms with Gasteiger partial charge in [-0.05, 0) is 18.1 Å². The summed E-state index contributed by atoms with van der Waals surface area (Å²) in [6, 6.07) is 7.82. The van der Waals surface area contributed by atoms with Crippen molar-refractivity contribution in [1.82, 2.24) is 0 Å². The van der Waals surface area contributed by atoms with Gasteiger partial charge >= 0.3 is 0 Å². The fourth-order valence-electron chi connectivity index (χ4n) is 0.937.